The van der Waals surface area contributed by atoms with Crippen molar-refractivity contribution in [3.05, 3.63) is 35.4 Å². The first-order chi connectivity index (χ1) is 8.95. The largest absolute Gasteiger partial charge is 0.416 e. The Bertz CT molecular complexity index is 419. The molecule has 0 radical (unpaired) electrons. The van der Waals surface area contributed by atoms with E-state index in [0.29, 0.717) is 18.1 Å². The van der Waals surface area contributed by atoms with Gasteiger partial charge in [0.25, 0.3) is 0 Å². The minimum Gasteiger partial charge on any atom is -0.376 e. The number of alkyl halides is 4. The molecule has 1 fully saturated rings. The van der Waals surface area contributed by atoms with Crippen LogP contribution in [-0.2, 0) is 17.5 Å². The highest BCUT2D eigenvalue weighted by Crippen LogP contribution is 2.31. The maximum Gasteiger partial charge on any atom is 0.416 e. The van der Waals surface area contributed by atoms with Crippen molar-refractivity contribution in [1.82, 2.24) is 0 Å². The SMILES string of the molecule is FC(F)(F)c1cccc(COCC2CCC(Cl)C2)c1. The molecule has 0 aromatic heterocycles. The molecular formula is C14H16ClF3O. The van der Waals surface area contributed by atoms with E-state index in [2.05, 4.69) is 0 Å². The summed E-state index contributed by atoms with van der Waals surface area (Å²) >= 11 is 5.99. The standard InChI is InChI=1S/C14H16ClF3O/c15-13-5-4-11(7-13)9-19-8-10-2-1-3-12(6-10)14(16,17)18/h1-3,6,11,13H,4-5,7-9H2. The zero-order valence-corrected chi connectivity index (χ0v) is 11.2. The smallest absolute Gasteiger partial charge is 0.376 e. The predicted octanol–water partition coefficient (Wildman–Crippen LogP) is 4.63. The van der Waals surface area contributed by atoms with Crippen molar-refractivity contribution in [2.24, 2.45) is 5.92 Å². The van der Waals surface area contributed by atoms with Crippen molar-refractivity contribution in [1.29, 1.82) is 0 Å². The van der Waals surface area contributed by atoms with E-state index >= 15 is 0 Å². The van der Waals surface area contributed by atoms with Crippen LogP contribution >= 0.6 is 11.6 Å². The fourth-order valence-electron chi connectivity index (χ4n) is 2.35. The third kappa shape index (κ3) is 4.39. The van der Waals surface area contributed by atoms with Crippen LogP contribution in [0.3, 0.4) is 0 Å². The first kappa shape index (κ1) is 14.7. The monoisotopic (exact) mass is 292 g/mol. The fourth-order valence-corrected chi connectivity index (χ4v) is 2.72. The highest BCUT2D eigenvalue weighted by Gasteiger charge is 2.30. The Kier molecular flexibility index (Phi) is 4.74. The summed E-state index contributed by atoms with van der Waals surface area (Å²) < 4.78 is 43.1. The van der Waals surface area contributed by atoms with Gasteiger partial charge in [0.2, 0.25) is 0 Å². The maximum absolute atomic E-state index is 12.5. The molecule has 0 saturated heterocycles. The average Bonchev–Trinajstić information content (AvgIpc) is 2.74. The lowest BCUT2D eigenvalue weighted by Gasteiger charge is -2.11. The van der Waals surface area contributed by atoms with Crippen LogP contribution in [0.1, 0.15) is 30.4 Å². The minimum atomic E-state index is -4.30. The Morgan fingerprint density at radius 3 is 2.68 bits per heavy atom. The number of rotatable bonds is 4. The molecule has 1 saturated carbocycles. The summed E-state index contributed by atoms with van der Waals surface area (Å²) in [6.45, 7) is 0.785. The van der Waals surface area contributed by atoms with E-state index in [0.717, 1.165) is 31.4 Å². The summed E-state index contributed by atoms with van der Waals surface area (Å²) in [6, 6.07) is 5.26. The van der Waals surface area contributed by atoms with E-state index in [-0.39, 0.29) is 12.0 Å². The van der Waals surface area contributed by atoms with Crippen LogP contribution in [0.2, 0.25) is 0 Å². The lowest BCUT2D eigenvalue weighted by Crippen LogP contribution is -2.08. The number of ether oxygens (including phenoxy) is 1. The van der Waals surface area contributed by atoms with E-state index in [9.17, 15) is 13.2 Å². The van der Waals surface area contributed by atoms with Crippen molar-refractivity contribution in [3.63, 3.8) is 0 Å². The number of halogens is 4. The van der Waals surface area contributed by atoms with Gasteiger partial charge in [-0.3, -0.25) is 0 Å². The first-order valence-corrected chi connectivity index (χ1v) is 6.77. The molecule has 0 bridgehead atoms. The van der Waals surface area contributed by atoms with Gasteiger partial charge < -0.3 is 4.74 Å². The third-order valence-electron chi connectivity index (χ3n) is 3.35. The molecule has 1 nitrogen and oxygen atoms in total. The number of benzene rings is 1. The first-order valence-electron chi connectivity index (χ1n) is 6.33. The molecule has 2 rings (SSSR count). The molecule has 0 heterocycles. The van der Waals surface area contributed by atoms with Crippen LogP contribution in [0.4, 0.5) is 13.2 Å². The van der Waals surface area contributed by atoms with E-state index < -0.39 is 11.7 Å². The third-order valence-corrected chi connectivity index (χ3v) is 3.75. The maximum atomic E-state index is 12.5. The molecule has 0 N–H and O–H groups in total. The lowest BCUT2D eigenvalue weighted by atomic mass is 10.1. The Balaban J connectivity index is 1.83. The molecule has 2 unspecified atom stereocenters. The normalized spacial score (nSPS) is 23.8. The molecule has 1 aromatic carbocycles. The van der Waals surface area contributed by atoms with Crippen molar-refractivity contribution in [2.45, 2.75) is 37.4 Å². The van der Waals surface area contributed by atoms with Crippen molar-refractivity contribution in [2.75, 3.05) is 6.61 Å². The van der Waals surface area contributed by atoms with Gasteiger partial charge in [-0.15, -0.1) is 11.6 Å². The molecule has 19 heavy (non-hydrogen) atoms. The van der Waals surface area contributed by atoms with Crippen LogP contribution in [0.5, 0.6) is 0 Å². The van der Waals surface area contributed by atoms with Crippen LogP contribution in [-0.4, -0.2) is 12.0 Å². The zero-order valence-electron chi connectivity index (χ0n) is 10.4. The molecule has 1 aliphatic rings. The summed E-state index contributed by atoms with van der Waals surface area (Å²) in [5.41, 5.74) is -0.0782. The summed E-state index contributed by atoms with van der Waals surface area (Å²) in [6.07, 6.45) is -1.33. The number of hydrogen-bond donors (Lipinski definition) is 0. The summed E-state index contributed by atoms with van der Waals surface area (Å²) in [4.78, 5) is 0. The molecule has 2 atom stereocenters. The second-order valence-electron chi connectivity index (χ2n) is 4.99. The Hall–Kier alpha value is -0.740. The van der Waals surface area contributed by atoms with Crippen LogP contribution in [0.25, 0.3) is 0 Å². The molecule has 1 aromatic rings. The Labute approximate surface area is 115 Å². The summed E-state index contributed by atoms with van der Waals surface area (Å²) in [5.74, 6) is 0.438. The summed E-state index contributed by atoms with van der Waals surface area (Å²) in [5, 5.41) is 0.224. The lowest BCUT2D eigenvalue weighted by molar-refractivity contribution is -0.137. The van der Waals surface area contributed by atoms with Gasteiger partial charge in [-0.05, 0) is 42.9 Å². The highest BCUT2D eigenvalue weighted by atomic mass is 35.5. The van der Waals surface area contributed by atoms with Gasteiger partial charge in [-0.25, -0.2) is 0 Å². The van der Waals surface area contributed by atoms with E-state index in [1.54, 1.807) is 6.07 Å². The molecule has 0 spiro atoms. The van der Waals surface area contributed by atoms with Crippen molar-refractivity contribution < 1.29 is 17.9 Å². The molecular weight excluding hydrogens is 277 g/mol. The molecule has 1 aliphatic carbocycles. The second kappa shape index (κ2) is 6.14. The Morgan fingerprint density at radius 2 is 2.05 bits per heavy atom. The quantitative estimate of drug-likeness (QED) is 0.735. The summed E-state index contributed by atoms with van der Waals surface area (Å²) in [7, 11) is 0. The van der Waals surface area contributed by atoms with Gasteiger partial charge in [0.05, 0.1) is 12.2 Å². The van der Waals surface area contributed by atoms with Crippen LogP contribution in [0.15, 0.2) is 24.3 Å². The van der Waals surface area contributed by atoms with E-state index in [4.69, 9.17) is 16.3 Å². The second-order valence-corrected chi connectivity index (χ2v) is 5.61. The van der Waals surface area contributed by atoms with Crippen molar-refractivity contribution in [3.8, 4) is 0 Å². The van der Waals surface area contributed by atoms with E-state index in [1.807, 2.05) is 0 Å². The Morgan fingerprint density at radius 1 is 1.26 bits per heavy atom. The minimum absolute atomic E-state index is 0.216. The molecule has 0 amide bonds. The number of hydrogen-bond acceptors (Lipinski definition) is 1. The van der Waals surface area contributed by atoms with Gasteiger partial charge >= 0.3 is 6.18 Å². The van der Waals surface area contributed by atoms with Crippen LogP contribution < -0.4 is 0 Å². The van der Waals surface area contributed by atoms with Gasteiger partial charge in [0, 0.05) is 12.0 Å². The van der Waals surface area contributed by atoms with Gasteiger partial charge in [-0.1, -0.05) is 12.1 Å². The van der Waals surface area contributed by atoms with Gasteiger partial charge in [0.15, 0.2) is 0 Å². The highest BCUT2D eigenvalue weighted by molar-refractivity contribution is 6.20. The van der Waals surface area contributed by atoms with E-state index in [1.165, 1.54) is 6.07 Å². The fraction of sp³-hybridized carbons (Fsp3) is 0.571. The predicted molar refractivity (Wildman–Crippen MR) is 68.1 cm³/mol. The van der Waals surface area contributed by atoms with Crippen molar-refractivity contribution >= 4 is 11.6 Å². The zero-order chi connectivity index (χ0) is 13.9. The van der Waals surface area contributed by atoms with Crippen LogP contribution in [0, 0.1) is 5.92 Å². The molecule has 106 valence electrons. The topological polar surface area (TPSA) is 9.23 Å². The van der Waals surface area contributed by atoms with Gasteiger partial charge in [-0.2, -0.15) is 13.2 Å². The average molecular weight is 293 g/mol. The molecule has 0 aliphatic heterocycles. The molecule has 5 heteroatoms. The van der Waals surface area contributed by atoms with Gasteiger partial charge in [0.1, 0.15) is 0 Å².